The molecule has 0 unspecified atom stereocenters. The van der Waals surface area contributed by atoms with Crippen LogP contribution in [-0.2, 0) is 14.3 Å². The summed E-state index contributed by atoms with van der Waals surface area (Å²) in [5, 5.41) is 0. The Kier molecular flexibility index (Phi) is 5.99. The smallest absolute Gasteiger partial charge is 0.168 e. The fraction of sp³-hybridized carbons (Fsp3) is 0.923. The second-order valence-corrected chi connectivity index (χ2v) is 4.62. The molecule has 0 saturated carbocycles. The van der Waals surface area contributed by atoms with Crippen molar-refractivity contribution in [3.05, 3.63) is 0 Å². The first-order valence-electron chi connectivity index (χ1n) is 6.46. The summed E-state index contributed by atoms with van der Waals surface area (Å²) in [5.41, 5.74) is 0. The molecule has 0 aromatic carbocycles. The molecule has 1 saturated heterocycles. The van der Waals surface area contributed by atoms with Crippen molar-refractivity contribution in [1.82, 2.24) is 0 Å². The number of rotatable bonds is 8. The molecule has 1 fully saturated rings. The van der Waals surface area contributed by atoms with E-state index in [1.165, 1.54) is 19.3 Å². The van der Waals surface area contributed by atoms with Gasteiger partial charge >= 0.3 is 0 Å². The van der Waals surface area contributed by atoms with Crippen molar-refractivity contribution in [3.63, 3.8) is 0 Å². The zero-order valence-corrected chi connectivity index (χ0v) is 10.6. The minimum atomic E-state index is -0.445. The van der Waals surface area contributed by atoms with Crippen LogP contribution >= 0.6 is 0 Å². The minimum Gasteiger partial charge on any atom is -0.348 e. The predicted molar refractivity (Wildman–Crippen MR) is 63.3 cm³/mol. The van der Waals surface area contributed by atoms with Gasteiger partial charge in [-0.15, -0.1) is 0 Å². The Hall–Kier alpha value is -0.410. The SMILES string of the molecule is CCCCCCC1(CCC(C)=O)OCCO1. The Morgan fingerprint density at radius 1 is 1.12 bits per heavy atom. The van der Waals surface area contributed by atoms with Crippen LogP contribution in [0.5, 0.6) is 0 Å². The molecular weight excluding hydrogens is 204 g/mol. The van der Waals surface area contributed by atoms with E-state index in [1.807, 2.05) is 0 Å². The first-order valence-corrected chi connectivity index (χ1v) is 6.46. The minimum absolute atomic E-state index is 0.215. The van der Waals surface area contributed by atoms with Crippen molar-refractivity contribution in [2.45, 2.75) is 64.6 Å². The van der Waals surface area contributed by atoms with Crippen LogP contribution in [0.4, 0.5) is 0 Å². The first kappa shape index (κ1) is 13.7. The third-order valence-electron chi connectivity index (χ3n) is 3.08. The van der Waals surface area contributed by atoms with Crippen LogP contribution in [0.3, 0.4) is 0 Å². The van der Waals surface area contributed by atoms with Crippen LogP contribution in [0.2, 0.25) is 0 Å². The maximum Gasteiger partial charge on any atom is 0.168 e. The summed E-state index contributed by atoms with van der Waals surface area (Å²) < 4.78 is 11.4. The molecule has 0 aromatic rings. The van der Waals surface area contributed by atoms with Gasteiger partial charge in [-0.3, -0.25) is 0 Å². The Balaban J connectivity index is 2.30. The summed E-state index contributed by atoms with van der Waals surface area (Å²) in [6, 6.07) is 0. The summed E-state index contributed by atoms with van der Waals surface area (Å²) in [4.78, 5) is 11.0. The third kappa shape index (κ3) is 4.62. The molecule has 0 atom stereocenters. The zero-order valence-electron chi connectivity index (χ0n) is 10.6. The average molecular weight is 228 g/mol. The van der Waals surface area contributed by atoms with E-state index >= 15 is 0 Å². The van der Waals surface area contributed by atoms with Gasteiger partial charge in [-0.2, -0.15) is 0 Å². The molecule has 94 valence electrons. The van der Waals surface area contributed by atoms with Crippen molar-refractivity contribution in [2.24, 2.45) is 0 Å². The van der Waals surface area contributed by atoms with E-state index in [-0.39, 0.29) is 5.78 Å². The lowest BCUT2D eigenvalue weighted by molar-refractivity contribution is -0.170. The van der Waals surface area contributed by atoms with Gasteiger partial charge in [0.05, 0.1) is 13.2 Å². The molecule has 3 heteroatoms. The Bertz CT molecular complexity index is 207. The molecule has 3 nitrogen and oxygen atoms in total. The van der Waals surface area contributed by atoms with E-state index < -0.39 is 5.79 Å². The van der Waals surface area contributed by atoms with E-state index in [2.05, 4.69) is 6.92 Å². The monoisotopic (exact) mass is 228 g/mol. The molecule has 0 aliphatic carbocycles. The number of ether oxygens (including phenoxy) is 2. The standard InChI is InChI=1S/C13H24O3/c1-3-4-5-6-8-13(9-7-12(2)14)15-10-11-16-13/h3-11H2,1-2H3. The zero-order chi connectivity index (χ0) is 11.9. The van der Waals surface area contributed by atoms with Crippen molar-refractivity contribution in [3.8, 4) is 0 Å². The fourth-order valence-electron chi connectivity index (χ4n) is 2.10. The highest BCUT2D eigenvalue weighted by Gasteiger charge is 2.35. The molecule has 1 rings (SSSR count). The molecular formula is C13H24O3. The molecule has 1 aliphatic heterocycles. The van der Waals surface area contributed by atoms with Gasteiger partial charge in [0, 0.05) is 19.3 Å². The van der Waals surface area contributed by atoms with E-state index in [0.717, 1.165) is 12.8 Å². The summed E-state index contributed by atoms with van der Waals surface area (Å²) >= 11 is 0. The van der Waals surface area contributed by atoms with Gasteiger partial charge in [-0.05, 0) is 13.3 Å². The van der Waals surface area contributed by atoms with E-state index in [9.17, 15) is 4.79 Å². The number of ketones is 1. The van der Waals surface area contributed by atoms with Crippen LogP contribution in [0.25, 0.3) is 0 Å². The molecule has 0 amide bonds. The van der Waals surface area contributed by atoms with Gasteiger partial charge in [0.25, 0.3) is 0 Å². The van der Waals surface area contributed by atoms with Gasteiger partial charge in [0.2, 0.25) is 0 Å². The first-order chi connectivity index (χ1) is 7.68. The topological polar surface area (TPSA) is 35.5 Å². The van der Waals surface area contributed by atoms with Gasteiger partial charge in [-0.25, -0.2) is 0 Å². The number of unbranched alkanes of at least 4 members (excludes halogenated alkanes) is 3. The van der Waals surface area contributed by atoms with Gasteiger partial charge in [-0.1, -0.05) is 26.2 Å². The number of Topliss-reactive ketones (excluding diaryl/α,β-unsaturated/α-hetero) is 1. The number of hydrogen-bond acceptors (Lipinski definition) is 3. The molecule has 0 radical (unpaired) electrons. The van der Waals surface area contributed by atoms with Crippen LogP contribution in [-0.4, -0.2) is 24.8 Å². The maximum absolute atomic E-state index is 11.0. The lowest BCUT2D eigenvalue weighted by Crippen LogP contribution is -2.30. The molecule has 0 bridgehead atoms. The highest BCUT2D eigenvalue weighted by atomic mass is 16.7. The van der Waals surface area contributed by atoms with E-state index in [4.69, 9.17) is 9.47 Å². The number of carbonyl (C=O) groups is 1. The largest absolute Gasteiger partial charge is 0.348 e. The molecule has 0 aromatic heterocycles. The van der Waals surface area contributed by atoms with Crippen molar-refractivity contribution in [2.75, 3.05) is 13.2 Å². The summed E-state index contributed by atoms with van der Waals surface area (Å²) in [6.07, 6.45) is 7.07. The Labute approximate surface area is 98.5 Å². The average Bonchev–Trinajstić information content (AvgIpc) is 2.71. The molecule has 16 heavy (non-hydrogen) atoms. The lowest BCUT2D eigenvalue weighted by Gasteiger charge is -2.27. The van der Waals surface area contributed by atoms with Gasteiger partial charge in [0.1, 0.15) is 5.78 Å². The van der Waals surface area contributed by atoms with Crippen LogP contribution in [0.1, 0.15) is 58.8 Å². The molecule has 0 spiro atoms. The summed E-state index contributed by atoms with van der Waals surface area (Å²) in [5.74, 6) is -0.230. The van der Waals surface area contributed by atoms with Gasteiger partial charge < -0.3 is 14.3 Å². The molecule has 0 N–H and O–H groups in total. The van der Waals surface area contributed by atoms with Crippen molar-refractivity contribution >= 4 is 5.78 Å². The van der Waals surface area contributed by atoms with E-state index in [0.29, 0.717) is 26.1 Å². The Morgan fingerprint density at radius 3 is 2.38 bits per heavy atom. The van der Waals surface area contributed by atoms with Crippen LogP contribution in [0, 0.1) is 0 Å². The van der Waals surface area contributed by atoms with Crippen molar-refractivity contribution in [1.29, 1.82) is 0 Å². The summed E-state index contributed by atoms with van der Waals surface area (Å²) in [6.45, 7) is 5.17. The number of hydrogen-bond donors (Lipinski definition) is 0. The predicted octanol–water partition coefficient (Wildman–Crippen LogP) is 3.07. The van der Waals surface area contributed by atoms with Gasteiger partial charge in [0.15, 0.2) is 5.79 Å². The second kappa shape index (κ2) is 7.02. The molecule has 1 heterocycles. The highest BCUT2D eigenvalue weighted by molar-refractivity contribution is 5.75. The maximum atomic E-state index is 11.0. The van der Waals surface area contributed by atoms with Crippen LogP contribution in [0.15, 0.2) is 0 Å². The van der Waals surface area contributed by atoms with E-state index in [1.54, 1.807) is 6.92 Å². The lowest BCUT2D eigenvalue weighted by atomic mass is 10.0. The van der Waals surface area contributed by atoms with Crippen molar-refractivity contribution < 1.29 is 14.3 Å². The third-order valence-corrected chi connectivity index (χ3v) is 3.08. The normalized spacial score (nSPS) is 18.9. The van der Waals surface area contributed by atoms with Crippen LogP contribution < -0.4 is 0 Å². The summed E-state index contributed by atoms with van der Waals surface area (Å²) in [7, 11) is 0. The molecule has 1 aliphatic rings. The quantitative estimate of drug-likeness (QED) is 0.599. The second-order valence-electron chi connectivity index (χ2n) is 4.62. The Morgan fingerprint density at radius 2 is 1.81 bits per heavy atom. The fourth-order valence-corrected chi connectivity index (χ4v) is 2.10. The number of carbonyl (C=O) groups excluding carboxylic acids is 1. The highest BCUT2D eigenvalue weighted by Crippen LogP contribution is 2.30.